The molecule has 1 N–H and O–H groups in total. The maximum Gasteiger partial charge on any atom is 0.101 e. The number of hydrogen-bond donors (Lipinski definition) is 1. The fourth-order valence-corrected chi connectivity index (χ4v) is 2.78. The number of nitriles is 1. The molecule has 0 heterocycles. The van der Waals surface area contributed by atoms with E-state index in [0.717, 1.165) is 11.3 Å². The molecule has 0 amide bonds. The molecule has 96 valence electrons. The van der Waals surface area contributed by atoms with E-state index in [-0.39, 0.29) is 0 Å². The van der Waals surface area contributed by atoms with Gasteiger partial charge in [-0.2, -0.15) is 5.26 Å². The molecule has 1 saturated carbocycles. The molecule has 1 aliphatic rings. The molecule has 18 heavy (non-hydrogen) atoms. The molecule has 2 nitrogen and oxygen atoms in total. The van der Waals surface area contributed by atoms with Crippen LogP contribution < -0.4 is 5.32 Å². The molecule has 2 unspecified atom stereocenters. The Morgan fingerprint density at radius 1 is 1.22 bits per heavy atom. The quantitative estimate of drug-likeness (QED) is 0.787. The lowest BCUT2D eigenvalue weighted by Crippen LogP contribution is -2.26. The number of aryl methyl sites for hydroxylation is 1. The van der Waals surface area contributed by atoms with Crippen molar-refractivity contribution in [3.63, 3.8) is 0 Å². The summed E-state index contributed by atoms with van der Waals surface area (Å²) < 4.78 is 0. The number of nitrogens with one attached hydrogen (secondary N) is 1. The van der Waals surface area contributed by atoms with Gasteiger partial charge in [0.2, 0.25) is 0 Å². The van der Waals surface area contributed by atoms with E-state index in [2.05, 4.69) is 31.3 Å². The maximum atomic E-state index is 9.17. The van der Waals surface area contributed by atoms with Crippen LogP contribution in [0.15, 0.2) is 18.2 Å². The fraction of sp³-hybridized carbons (Fsp3) is 0.562. The maximum absolute atomic E-state index is 9.17. The van der Waals surface area contributed by atoms with Gasteiger partial charge < -0.3 is 5.32 Å². The van der Waals surface area contributed by atoms with Gasteiger partial charge in [0.15, 0.2) is 0 Å². The van der Waals surface area contributed by atoms with Gasteiger partial charge in [-0.1, -0.05) is 32.3 Å². The standard InChI is InChI=1S/C16H22N2/c1-12-8-9-14(11-17)16(10-12)18-15-7-5-3-4-6-13(15)2/h8-10,13,15,18H,3-7H2,1-2H3. The summed E-state index contributed by atoms with van der Waals surface area (Å²) in [4.78, 5) is 0. The Labute approximate surface area is 110 Å². The van der Waals surface area contributed by atoms with Crippen molar-refractivity contribution in [3.05, 3.63) is 29.3 Å². The van der Waals surface area contributed by atoms with Crippen LogP contribution in [0.1, 0.15) is 50.2 Å². The molecule has 0 saturated heterocycles. The number of anilines is 1. The Hall–Kier alpha value is -1.49. The third-order valence-electron chi connectivity index (χ3n) is 4.00. The summed E-state index contributed by atoms with van der Waals surface area (Å²) in [6.45, 7) is 4.40. The van der Waals surface area contributed by atoms with E-state index in [1.807, 2.05) is 12.1 Å². The minimum absolute atomic E-state index is 0.515. The van der Waals surface area contributed by atoms with Crippen LogP contribution in [0.3, 0.4) is 0 Å². The predicted molar refractivity (Wildman–Crippen MR) is 75.6 cm³/mol. The molecule has 1 aliphatic carbocycles. The lowest BCUT2D eigenvalue weighted by atomic mass is 9.96. The van der Waals surface area contributed by atoms with E-state index in [0.29, 0.717) is 12.0 Å². The number of nitrogens with zero attached hydrogens (tertiary/aromatic N) is 1. The van der Waals surface area contributed by atoms with Gasteiger partial charge in [-0.05, 0) is 43.4 Å². The topological polar surface area (TPSA) is 35.8 Å². The lowest BCUT2D eigenvalue weighted by Gasteiger charge is -2.24. The fourth-order valence-electron chi connectivity index (χ4n) is 2.78. The first-order chi connectivity index (χ1) is 8.70. The van der Waals surface area contributed by atoms with E-state index in [1.165, 1.54) is 37.7 Å². The SMILES string of the molecule is Cc1ccc(C#N)c(NC2CCCCCC2C)c1. The summed E-state index contributed by atoms with van der Waals surface area (Å²) >= 11 is 0. The second kappa shape index (κ2) is 5.91. The summed E-state index contributed by atoms with van der Waals surface area (Å²) in [6, 6.07) is 8.80. The second-order valence-corrected chi connectivity index (χ2v) is 5.53. The van der Waals surface area contributed by atoms with Crippen LogP contribution in [0.5, 0.6) is 0 Å². The molecule has 1 aromatic carbocycles. The minimum atomic E-state index is 0.515. The average Bonchev–Trinajstić information content (AvgIpc) is 2.55. The molecule has 2 heteroatoms. The Bertz CT molecular complexity index is 445. The lowest BCUT2D eigenvalue weighted by molar-refractivity contribution is 0.456. The first-order valence-corrected chi connectivity index (χ1v) is 6.98. The number of benzene rings is 1. The van der Waals surface area contributed by atoms with Crippen molar-refractivity contribution in [3.8, 4) is 6.07 Å². The summed E-state index contributed by atoms with van der Waals surface area (Å²) in [7, 11) is 0. The van der Waals surface area contributed by atoms with Crippen molar-refractivity contribution in [1.29, 1.82) is 5.26 Å². The van der Waals surface area contributed by atoms with Gasteiger partial charge in [0.1, 0.15) is 6.07 Å². The first-order valence-electron chi connectivity index (χ1n) is 6.98. The smallest absolute Gasteiger partial charge is 0.101 e. The van der Waals surface area contributed by atoms with Crippen molar-refractivity contribution in [2.24, 2.45) is 5.92 Å². The van der Waals surface area contributed by atoms with Gasteiger partial charge in [0.25, 0.3) is 0 Å². The molecule has 1 fully saturated rings. The number of rotatable bonds is 2. The van der Waals surface area contributed by atoms with Crippen molar-refractivity contribution in [1.82, 2.24) is 0 Å². The summed E-state index contributed by atoms with van der Waals surface area (Å²) in [5, 5.41) is 12.8. The molecular weight excluding hydrogens is 220 g/mol. The third kappa shape index (κ3) is 3.04. The van der Waals surface area contributed by atoms with Crippen LogP contribution in [0.2, 0.25) is 0 Å². The highest BCUT2D eigenvalue weighted by Crippen LogP contribution is 2.27. The summed E-state index contributed by atoms with van der Waals surface area (Å²) in [5.41, 5.74) is 2.98. The Morgan fingerprint density at radius 2 is 2.00 bits per heavy atom. The average molecular weight is 242 g/mol. The highest BCUT2D eigenvalue weighted by atomic mass is 14.9. The minimum Gasteiger partial charge on any atom is -0.381 e. The molecule has 2 rings (SSSR count). The van der Waals surface area contributed by atoms with E-state index in [4.69, 9.17) is 0 Å². The molecule has 0 spiro atoms. The van der Waals surface area contributed by atoms with Crippen LogP contribution in [0.25, 0.3) is 0 Å². The van der Waals surface area contributed by atoms with Crippen molar-refractivity contribution >= 4 is 5.69 Å². The molecular formula is C16H22N2. The van der Waals surface area contributed by atoms with E-state index in [1.54, 1.807) is 0 Å². The van der Waals surface area contributed by atoms with Gasteiger partial charge in [0.05, 0.1) is 11.3 Å². The Balaban J connectivity index is 2.17. The van der Waals surface area contributed by atoms with E-state index >= 15 is 0 Å². The third-order valence-corrected chi connectivity index (χ3v) is 4.00. The summed E-state index contributed by atoms with van der Waals surface area (Å²) in [6.07, 6.45) is 6.51. The zero-order chi connectivity index (χ0) is 13.0. The zero-order valence-corrected chi connectivity index (χ0v) is 11.4. The van der Waals surface area contributed by atoms with Gasteiger partial charge in [-0.3, -0.25) is 0 Å². The molecule has 0 aromatic heterocycles. The molecule has 1 aromatic rings. The monoisotopic (exact) mass is 242 g/mol. The van der Waals surface area contributed by atoms with Crippen LogP contribution in [0.4, 0.5) is 5.69 Å². The van der Waals surface area contributed by atoms with Crippen LogP contribution >= 0.6 is 0 Å². The Kier molecular flexibility index (Phi) is 4.25. The van der Waals surface area contributed by atoms with Crippen molar-refractivity contribution in [2.45, 2.75) is 52.0 Å². The van der Waals surface area contributed by atoms with E-state index in [9.17, 15) is 5.26 Å². The first kappa shape index (κ1) is 13.0. The molecule has 0 aliphatic heterocycles. The van der Waals surface area contributed by atoms with Gasteiger partial charge in [-0.15, -0.1) is 0 Å². The van der Waals surface area contributed by atoms with Crippen LogP contribution in [-0.2, 0) is 0 Å². The highest BCUT2D eigenvalue weighted by Gasteiger charge is 2.20. The zero-order valence-electron chi connectivity index (χ0n) is 11.4. The highest BCUT2D eigenvalue weighted by molar-refractivity contribution is 5.59. The summed E-state index contributed by atoms with van der Waals surface area (Å²) in [5.74, 6) is 0.694. The Morgan fingerprint density at radius 3 is 2.78 bits per heavy atom. The molecule has 0 radical (unpaired) electrons. The predicted octanol–water partition coefficient (Wildman–Crippen LogP) is 4.25. The normalized spacial score (nSPS) is 24.1. The molecule has 0 bridgehead atoms. The second-order valence-electron chi connectivity index (χ2n) is 5.53. The van der Waals surface area contributed by atoms with Crippen LogP contribution in [0, 0.1) is 24.2 Å². The van der Waals surface area contributed by atoms with Gasteiger partial charge in [0, 0.05) is 6.04 Å². The van der Waals surface area contributed by atoms with Crippen LogP contribution in [-0.4, -0.2) is 6.04 Å². The molecule has 2 atom stereocenters. The van der Waals surface area contributed by atoms with Crippen molar-refractivity contribution < 1.29 is 0 Å². The van der Waals surface area contributed by atoms with Gasteiger partial charge >= 0.3 is 0 Å². The van der Waals surface area contributed by atoms with E-state index < -0.39 is 0 Å². The number of hydrogen-bond acceptors (Lipinski definition) is 2. The van der Waals surface area contributed by atoms with Gasteiger partial charge in [-0.25, -0.2) is 0 Å². The largest absolute Gasteiger partial charge is 0.381 e. The van der Waals surface area contributed by atoms with Crippen molar-refractivity contribution in [2.75, 3.05) is 5.32 Å².